The summed E-state index contributed by atoms with van der Waals surface area (Å²) in [7, 11) is 3.54. The molecule has 0 N–H and O–H groups in total. The molecule has 0 spiro atoms. The molecule has 0 unspecified atom stereocenters. The van der Waals surface area contributed by atoms with E-state index in [4.69, 9.17) is 0 Å². The summed E-state index contributed by atoms with van der Waals surface area (Å²) in [6, 6.07) is 7.67. The summed E-state index contributed by atoms with van der Waals surface area (Å²) in [5, 5.41) is 1.12. The molecule has 19 heavy (non-hydrogen) atoms. The molecule has 0 aliphatic rings. The van der Waals surface area contributed by atoms with Crippen molar-refractivity contribution in [2.75, 3.05) is 14.1 Å². The first-order valence-electron chi connectivity index (χ1n) is 6.36. The van der Waals surface area contributed by atoms with Crippen molar-refractivity contribution in [3.05, 3.63) is 36.0 Å². The fourth-order valence-corrected chi connectivity index (χ4v) is 2.09. The highest BCUT2D eigenvalue weighted by atomic mass is 16.2. The quantitative estimate of drug-likeness (QED) is 0.772. The van der Waals surface area contributed by atoms with Gasteiger partial charge in [-0.15, -0.1) is 0 Å². The van der Waals surface area contributed by atoms with Gasteiger partial charge in [-0.3, -0.25) is 9.59 Å². The normalized spacial score (nSPS) is 10.6. The Kier molecular flexibility index (Phi) is 4.00. The molecule has 0 fully saturated rings. The number of benzene rings is 1. The van der Waals surface area contributed by atoms with Gasteiger partial charge >= 0.3 is 0 Å². The number of nitrogens with zero attached hydrogens (tertiary/aromatic N) is 2. The van der Waals surface area contributed by atoms with E-state index in [0.717, 1.165) is 30.2 Å². The highest BCUT2D eigenvalue weighted by molar-refractivity contribution is 5.87. The molecule has 0 aliphatic carbocycles. The van der Waals surface area contributed by atoms with Crippen LogP contribution in [0.4, 0.5) is 0 Å². The van der Waals surface area contributed by atoms with Gasteiger partial charge in [0.05, 0.1) is 0 Å². The Bertz CT molecular complexity index is 599. The van der Waals surface area contributed by atoms with Crippen molar-refractivity contribution in [1.29, 1.82) is 0 Å². The maximum Gasteiger partial charge on any atom is 0.222 e. The Morgan fingerprint density at radius 1 is 1.32 bits per heavy atom. The standard InChI is InChI=1S/C15H18N2O2/c1-16(2)15(19)4-3-8-17-9-7-13-6-5-12(11-18)10-14(13)17/h5-7,9-11H,3-4,8H2,1-2H3. The van der Waals surface area contributed by atoms with Gasteiger partial charge in [0, 0.05) is 44.3 Å². The van der Waals surface area contributed by atoms with Crippen molar-refractivity contribution in [2.24, 2.45) is 0 Å². The summed E-state index contributed by atoms with van der Waals surface area (Å²) in [5.41, 5.74) is 1.72. The molecule has 1 heterocycles. The SMILES string of the molecule is CN(C)C(=O)CCCn1ccc2ccc(C=O)cc21. The van der Waals surface area contributed by atoms with Crippen molar-refractivity contribution in [1.82, 2.24) is 9.47 Å². The predicted octanol–water partition coefficient (Wildman–Crippen LogP) is 2.32. The van der Waals surface area contributed by atoms with E-state index in [1.807, 2.05) is 30.5 Å². The van der Waals surface area contributed by atoms with E-state index in [9.17, 15) is 9.59 Å². The van der Waals surface area contributed by atoms with E-state index >= 15 is 0 Å². The summed E-state index contributed by atoms with van der Waals surface area (Å²) in [4.78, 5) is 23.9. The Labute approximate surface area is 112 Å². The van der Waals surface area contributed by atoms with Gasteiger partial charge in [0.2, 0.25) is 5.91 Å². The van der Waals surface area contributed by atoms with Crippen LogP contribution in [0.15, 0.2) is 30.5 Å². The zero-order valence-electron chi connectivity index (χ0n) is 11.3. The molecule has 0 aliphatic heterocycles. The predicted molar refractivity (Wildman–Crippen MR) is 75.3 cm³/mol. The number of rotatable bonds is 5. The smallest absolute Gasteiger partial charge is 0.222 e. The molecule has 2 aromatic rings. The van der Waals surface area contributed by atoms with Crippen LogP contribution in [0.25, 0.3) is 10.9 Å². The minimum absolute atomic E-state index is 0.144. The number of amides is 1. The van der Waals surface area contributed by atoms with Gasteiger partial charge in [-0.05, 0) is 23.9 Å². The van der Waals surface area contributed by atoms with Crippen LogP contribution < -0.4 is 0 Å². The molecule has 1 amide bonds. The molecule has 1 aromatic carbocycles. The number of hydrogen-bond acceptors (Lipinski definition) is 2. The lowest BCUT2D eigenvalue weighted by molar-refractivity contribution is -0.128. The Balaban J connectivity index is 2.08. The van der Waals surface area contributed by atoms with Crippen molar-refractivity contribution >= 4 is 23.1 Å². The number of aromatic nitrogens is 1. The van der Waals surface area contributed by atoms with Gasteiger partial charge in [-0.25, -0.2) is 0 Å². The molecule has 0 saturated carbocycles. The lowest BCUT2D eigenvalue weighted by atomic mass is 10.2. The molecular weight excluding hydrogens is 240 g/mol. The lowest BCUT2D eigenvalue weighted by Gasteiger charge is -2.10. The third-order valence-electron chi connectivity index (χ3n) is 3.22. The van der Waals surface area contributed by atoms with Crippen LogP contribution in [0, 0.1) is 0 Å². The molecule has 0 bridgehead atoms. The minimum Gasteiger partial charge on any atom is -0.349 e. The van der Waals surface area contributed by atoms with Gasteiger partial charge < -0.3 is 9.47 Å². The number of fused-ring (bicyclic) bond motifs is 1. The molecule has 100 valence electrons. The lowest BCUT2D eigenvalue weighted by Crippen LogP contribution is -2.21. The van der Waals surface area contributed by atoms with E-state index in [0.29, 0.717) is 12.0 Å². The summed E-state index contributed by atoms with van der Waals surface area (Å²) in [5.74, 6) is 0.144. The van der Waals surface area contributed by atoms with Gasteiger partial charge in [0.15, 0.2) is 0 Å². The highest BCUT2D eigenvalue weighted by Gasteiger charge is 2.05. The van der Waals surface area contributed by atoms with Crippen molar-refractivity contribution < 1.29 is 9.59 Å². The van der Waals surface area contributed by atoms with E-state index in [2.05, 4.69) is 4.57 Å². The van der Waals surface area contributed by atoms with E-state index in [-0.39, 0.29) is 5.91 Å². The van der Waals surface area contributed by atoms with E-state index in [1.165, 1.54) is 0 Å². The van der Waals surface area contributed by atoms with Crippen LogP contribution in [0.1, 0.15) is 23.2 Å². The summed E-state index contributed by atoms with van der Waals surface area (Å²) < 4.78 is 2.09. The second-order valence-electron chi connectivity index (χ2n) is 4.84. The molecule has 1 aromatic heterocycles. The zero-order valence-corrected chi connectivity index (χ0v) is 11.3. The van der Waals surface area contributed by atoms with Crippen LogP contribution in [0.3, 0.4) is 0 Å². The van der Waals surface area contributed by atoms with Gasteiger partial charge in [0.1, 0.15) is 6.29 Å². The average Bonchev–Trinajstić information content (AvgIpc) is 2.81. The van der Waals surface area contributed by atoms with Crippen molar-refractivity contribution in [3.8, 4) is 0 Å². The third kappa shape index (κ3) is 3.02. The Morgan fingerprint density at radius 3 is 2.79 bits per heavy atom. The monoisotopic (exact) mass is 258 g/mol. The maximum atomic E-state index is 11.5. The number of carbonyl (C=O) groups is 2. The van der Waals surface area contributed by atoms with Crippen molar-refractivity contribution in [2.45, 2.75) is 19.4 Å². The van der Waals surface area contributed by atoms with E-state index < -0.39 is 0 Å². The summed E-state index contributed by atoms with van der Waals surface area (Å²) in [6.07, 6.45) is 4.19. The third-order valence-corrected chi connectivity index (χ3v) is 3.22. The van der Waals surface area contributed by atoms with Crippen LogP contribution >= 0.6 is 0 Å². The number of carbonyl (C=O) groups excluding carboxylic acids is 2. The fourth-order valence-electron chi connectivity index (χ4n) is 2.09. The molecule has 0 saturated heterocycles. The van der Waals surface area contributed by atoms with Crippen LogP contribution in [-0.4, -0.2) is 35.8 Å². The van der Waals surface area contributed by atoms with Crippen LogP contribution in [0.2, 0.25) is 0 Å². The highest BCUT2D eigenvalue weighted by Crippen LogP contribution is 2.17. The first-order valence-corrected chi connectivity index (χ1v) is 6.36. The van der Waals surface area contributed by atoms with Crippen molar-refractivity contribution in [3.63, 3.8) is 0 Å². The van der Waals surface area contributed by atoms with Gasteiger partial charge in [-0.2, -0.15) is 0 Å². The van der Waals surface area contributed by atoms with Gasteiger partial charge in [-0.1, -0.05) is 12.1 Å². The topological polar surface area (TPSA) is 42.3 Å². The Hall–Kier alpha value is -2.10. The molecule has 2 rings (SSSR count). The summed E-state index contributed by atoms with van der Waals surface area (Å²) >= 11 is 0. The van der Waals surface area contributed by atoms with Gasteiger partial charge in [0.25, 0.3) is 0 Å². The zero-order chi connectivity index (χ0) is 13.8. The minimum atomic E-state index is 0.144. The maximum absolute atomic E-state index is 11.5. The molecular formula is C15H18N2O2. The fraction of sp³-hybridized carbons (Fsp3) is 0.333. The number of aryl methyl sites for hydroxylation is 1. The molecule has 0 radical (unpaired) electrons. The summed E-state index contributed by atoms with van der Waals surface area (Å²) in [6.45, 7) is 0.783. The molecule has 4 nitrogen and oxygen atoms in total. The first-order chi connectivity index (χ1) is 9.11. The molecule has 4 heteroatoms. The Morgan fingerprint density at radius 2 is 2.11 bits per heavy atom. The average molecular weight is 258 g/mol. The number of hydrogen-bond donors (Lipinski definition) is 0. The second kappa shape index (κ2) is 5.69. The van der Waals surface area contributed by atoms with Crippen LogP contribution in [0.5, 0.6) is 0 Å². The van der Waals surface area contributed by atoms with Crippen LogP contribution in [-0.2, 0) is 11.3 Å². The largest absolute Gasteiger partial charge is 0.349 e. The van der Waals surface area contributed by atoms with E-state index in [1.54, 1.807) is 19.0 Å². The second-order valence-corrected chi connectivity index (χ2v) is 4.84. The first kappa shape index (κ1) is 13.3. The number of aldehydes is 1. The molecule has 0 atom stereocenters.